The van der Waals surface area contributed by atoms with Gasteiger partial charge in [0, 0.05) is 20.2 Å². The zero-order valence-electron chi connectivity index (χ0n) is 12.5. The summed E-state index contributed by atoms with van der Waals surface area (Å²) in [5, 5.41) is 6.69. The molecule has 1 aromatic heterocycles. The van der Waals surface area contributed by atoms with Gasteiger partial charge in [0.05, 0.1) is 0 Å². The van der Waals surface area contributed by atoms with Crippen molar-refractivity contribution in [2.75, 3.05) is 19.4 Å². The van der Waals surface area contributed by atoms with Crippen LogP contribution in [0.5, 0.6) is 0 Å². The van der Waals surface area contributed by atoms with E-state index >= 15 is 0 Å². The molecule has 1 aliphatic rings. The molecule has 7 heteroatoms. The molecule has 1 aliphatic carbocycles. The topological polar surface area (TPSA) is 80.1 Å². The highest BCUT2D eigenvalue weighted by Crippen LogP contribution is 2.22. The molecule has 0 aromatic carbocycles. The van der Waals surface area contributed by atoms with Crippen LogP contribution in [0.15, 0.2) is 18.0 Å². The molecule has 0 saturated heterocycles. The predicted molar refractivity (Wildman–Crippen MR) is 78.5 cm³/mol. The molecule has 21 heavy (non-hydrogen) atoms. The Morgan fingerprint density at radius 1 is 1.33 bits per heavy atom. The van der Waals surface area contributed by atoms with Gasteiger partial charge in [0.1, 0.15) is 12.9 Å². The lowest BCUT2D eigenvalue weighted by atomic mass is 9.95. The lowest BCUT2D eigenvalue weighted by Gasteiger charge is -2.12. The van der Waals surface area contributed by atoms with Crippen LogP contribution in [0.25, 0.3) is 0 Å². The number of carbonyl (C=O) groups excluding carboxylic acids is 2. The van der Waals surface area contributed by atoms with Crippen molar-refractivity contribution in [3.8, 4) is 0 Å². The molecule has 1 aromatic rings. The van der Waals surface area contributed by atoms with Crippen molar-refractivity contribution >= 4 is 17.8 Å². The summed E-state index contributed by atoms with van der Waals surface area (Å²) in [5.41, 5.74) is 1.18. The first-order chi connectivity index (χ1) is 10.0. The third-order valence-corrected chi connectivity index (χ3v) is 3.40. The zero-order chi connectivity index (χ0) is 15.2. The number of likely N-dealkylation sites (N-methyl/N-ethyl adjacent to an activating group) is 1. The minimum absolute atomic E-state index is 0.0814. The third kappa shape index (κ3) is 4.70. The highest BCUT2D eigenvalue weighted by atomic mass is 16.2. The fourth-order valence-electron chi connectivity index (χ4n) is 2.19. The van der Waals surface area contributed by atoms with E-state index in [1.54, 1.807) is 20.2 Å². The number of allylic oxidation sites excluding steroid dienone is 1. The van der Waals surface area contributed by atoms with Gasteiger partial charge in [0.25, 0.3) is 5.91 Å². The summed E-state index contributed by atoms with van der Waals surface area (Å²) >= 11 is 0. The van der Waals surface area contributed by atoms with Crippen LogP contribution in [0.1, 0.15) is 32.1 Å². The summed E-state index contributed by atoms with van der Waals surface area (Å²) in [4.78, 5) is 28.9. The third-order valence-electron chi connectivity index (χ3n) is 3.40. The van der Waals surface area contributed by atoms with Gasteiger partial charge in [-0.15, -0.1) is 5.10 Å². The fraction of sp³-hybridized carbons (Fsp3) is 0.571. The standard InChI is InChI=1S/C14H21N5O2/c1-18(2)13(21)9-19-10-15-14(17-19)16-12(20)8-11-6-4-3-5-7-11/h8,10H,3-7,9H2,1-2H3,(H,16,17,20). The van der Waals surface area contributed by atoms with Crippen LogP contribution >= 0.6 is 0 Å². The van der Waals surface area contributed by atoms with Gasteiger partial charge in [-0.25, -0.2) is 9.67 Å². The smallest absolute Gasteiger partial charge is 0.250 e. The Morgan fingerprint density at radius 2 is 2.05 bits per heavy atom. The van der Waals surface area contributed by atoms with Crippen LogP contribution in [-0.2, 0) is 16.1 Å². The van der Waals surface area contributed by atoms with E-state index in [1.807, 2.05) is 0 Å². The monoisotopic (exact) mass is 291 g/mol. The van der Waals surface area contributed by atoms with Gasteiger partial charge in [-0.3, -0.25) is 14.9 Å². The van der Waals surface area contributed by atoms with E-state index in [0.29, 0.717) is 0 Å². The maximum absolute atomic E-state index is 11.9. The first-order valence-electron chi connectivity index (χ1n) is 7.14. The molecule has 2 rings (SSSR count). The Labute approximate surface area is 124 Å². The number of anilines is 1. The predicted octanol–water partition coefficient (Wildman–Crippen LogP) is 1.20. The van der Waals surface area contributed by atoms with Gasteiger partial charge in [-0.05, 0) is 25.7 Å². The Balaban J connectivity index is 1.89. The average Bonchev–Trinajstić information content (AvgIpc) is 2.86. The molecular weight excluding hydrogens is 270 g/mol. The van der Waals surface area contributed by atoms with Gasteiger partial charge >= 0.3 is 0 Å². The van der Waals surface area contributed by atoms with Gasteiger partial charge in [-0.1, -0.05) is 12.0 Å². The number of nitrogens with zero attached hydrogens (tertiary/aromatic N) is 4. The maximum Gasteiger partial charge on any atom is 0.250 e. The summed E-state index contributed by atoms with van der Waals surface area (Å²) in [6, 6.07) is 0. The fourth-order valence-corrected chi connectivity index (χ4v) is 2.19. The van der Waals surface area contributed by atoms with Crippen molar-refractivity contribution in [2.24, 2.45) is 0 Å². The van der Waals surface area contributed by atoms with Crippen LogP contribution in [-0.4, -0.2) is 45.6 Å². The number of amides is 2. The van der Waals surface area contributed by atoms with Gasteiger partial charge in [0.15, 0.2) is 0 Å². The lowest BCUT2D eigenvalue weighted by Crippen LogP contribution is -2.26. The molecule has 1 heterocycles. The van der Waals surface area contributed by atoms with Crippen molar-refractivity contribution in [2.45, 2.75) is 38.6 Å². The minimum atomic E-state index is -0.205. The van der Waals surface area contributed by atoms with Crippen LogP contribution in [0.2, 0.25) is 0 Å². The number of nitrogens with one attached hydrogen (secondary N) is 1. The average molecular weight is 291 g/mol. The van der Waals surface area contributed by atoms with E-state index in [-0.39, 0.29) is 24.3 Å². The van der Waals surface area contributed by atoms with E-state index in [4.69, 9.17) is 0 Å². The number of carbonyl (C=O) groups is 2. The SMILES string of the molecule is CN(C)C(=O)Cn1cnc(NC(=O)C=C2CCCCC2)n1. The molecule has 1 saturated carbocycles. The summed E-state index contributed by atoms with van der Waals surface area (Å²) in [6.45, 7) is 0.108. The first kappa shape index (κ1) is 15.2. The molecule has 0 radical (unpaired) electrons. The Kier molecular flexibility index (Phi) is 5.08. The Morgan fingerprint density at radius 3 is 2.71 bits per heavy atom. The number of hydrogen-bond donors (Lipinski definition) is 1. The molecule has 2 amide bonds. The minimum Gasteiger partial charge on any atom is -0.347 e. The molecule has 1 N–H and O–H groups in total. The Bertz CT molecular complexity index is 539. The van der Waals surface area contributed by atoms with E-state index in [0.717, 1.165) is 25.7 Å². The summed E-state index contributed by atoms with van der Waals surface area (Å²) in [6.07, 6.45) is 8.61. The molecule has 0 aliphatic heterocycles. The van der Waals surface area contributed by atoms with Crippen LogP contribution < -0.4 is 5.32 Å². The van der Waals surface area contributed by atoms with Gasteiger partial charge in [0.2, 0.25) is 11.9 Å². The summed E-state index contributed by atoms with van der Waals surface area (Å²) < 4.78 is 1.41. The maximum atomic E-state index is 11.9. The second-order valence-corrected chi connectivity index (χ2v) is 5.41. The molecular formula is C14H21N5O2. The van der Waals surface area contributed by atoms with E-state index in [9.17, 15) is 9.59 Å². The summed E-state index contributed by atoms with van der Waals surface area (Å²) in [5.74, 6) is -0.0649. The van der Waals surface area contributed by atoms with Gasteiger partial charge in [-0.2, -0.15) is 0 Å². The highest BCUT2D eigenvalue weighted by molar-refractivity contribution is 5.98. The van der Waals surface area contributed by atoms with Crippen LogP contribution in [0.3, 0.4) is 0 Å². The second kappa shape index (κ2) is 7.01. The molecule has 0 spiro atoms. The highest BCUT2D eigenvalue weighted by Gasteiger charge is 2.11. The zero-order valence-corrected chi connectivity index (χ0v) is 12.5. The second-order valence-electron chi connectivity index (χ2n) is 5.41. The van der Waals surface area contributed by atoms with Crippen molar-refractivity contribution in [1.82, 2.24) is 19.7 Å². The van der Waals surface area contributed by atoms with E-state index in [2.05, 4.69) is 15.4 Å². The number of hydrogen-bond acceptors (Lipinski definition) is 4. The first-order valence-corrected chi connectivity index (χ1v) is 7.14. The van der Waals surface area contributed by atoms with Gasteiger partial charge < -0.3 is 4.90 Å². The van der Waals surface area contributed by atoms with Crippen molar-refractivity contribution in [3.63, 3.8) is 0 Å². The molecule has 0 bridgehead atoms. The van der Waals surface area contributed by atoms with Crippen molar-refractivity contribution in [1.29, 1.82) is 0 Å². The molecule has 0 unspecified atom stereocenters. The van der Waals surface area contributed by atoms with Crippen LogP contribution in [0.4, 0.5) is 5.95 Å². The molecule has 0 atom stereocenters. The molecule has 1 fully saturated rings. The quantitative estimate of drug-likeness (QED) is 0.845. The van der Waals surface area contributed by atoms with E-state index < -0.39 is 0 Å². The summed E-state index contributed by atoms with van der Waals surface area (Å²) in [7, 11) is 3.36. The van der Waals surface area contributed by atoms with Crippen molar-refractivity contribution in [3.05, 3.63) is 18.0 Å². The molecule has 7 nitrogen and oxygen atoms in total. The number of aromatic nitrogens is 3. The lowest BCUT2D eigenvalue weighted by molar-refractivity contribution is -0.129. The normalized spacial score (nSPS) is 14.7. The molecule has 114 valence electrons. The van der Waals surface area contributed by atoms with E-state index in [1.165, 1.54) is 27.9 Å². The van der Waals surface area contributed by atoms with Crippen LogP contribution in [0, 0.1) is 0 Å². The number of rotatable bonds is 4. The van der Waals surface area contributed by atoms with Crippen molar-refractivity contribution < 1.29 is 9.59 Å². The Hall–Kier alpha value is -2.18. The largest absolute Gasteiger partial charge is 0.347 e.